The maximum absolute atomic E-state index is 11.4. The van der Waals surface area contributed by atoms with Crippen LogP contribution in [0, 0.1) is 10.1 Å². The van der Waals surface area contributed by atoms with Crippen molar-refractivity contribution in [1.29, 1.82) is 0 Å². The maximum Gasteiger partial charge on any atom is 0.326 e. The molecule has 7 nitrogen and oxygen atoms in total. The second-order valence-corrected chi connectivity index (χ2v) is 3.45. The standard InChI is InChI=1S/C8H4ClN3O4/c9-3-1-4-6(5(2-3)12(15)16)10-8(14)11-7(4)13/h1-2H,(H2,10,11,13,14). The first kappa shape index (κ1) is 10.4. The van der Waals surface area contributed by atoms with Crippen molar-refractivity contribution in [2.75, 3.05) is 0 Å². The molecule has 1 aromatic carbocycles. The third kappa shape index (κ3) is 1.57. The Balaban J connectivity index is 3.07. The highest BCUT2D eigenvalue weighted by atomic mass is 35.5. The van der Waals surface area contributed by atoms with Gasteiger partial charge in [0.25, 0.3) is 11.2 Å². The Hall–Kier alpha value is -2.15. The summed E-state index contributed by atoms with van der Waals surface area (Å²) in [5, 5.41) is 10.7. The van der Waals surface area contributed by atoms with Gasteiger partial charge in [-0.15, -0.1) is 0 Å². The molecule has 1 aromatic heterocycles. The summed E-state index contributed by atoms with van der Waals surface area (Å²) in [6.45, 7) is 0. The first-order chi connectivity index (χ1) is 7.49. The van der Waals surface area contributed by atoms with Gasteiger partial charge in [0.05, 0.1) is 10.3 Å². The molecule has 0 unspecified atom stereocenters. The molecule has 0 bridgehead atoms. The number of nitrogens with one attached hydrogen (secondary N) is 2. The van der Waals surface area contributed by atoms with Crippen LogP contribution < -0.4 is 11.2 Å². The summed E-state index contributed by atoms with van der Waals surface area (Å²) < 4.78 is 0. The molecule has 0 radical (unpaired) electrons. The molecule has 16 heavy (non-hydrogen) atoms. The number of non-ortho nitro benzene ring substituents is 1. The molecule has 2 rings (SSSR count). The van der Waals surface area contributed by atoms with E-state index < -0.39 is 21.9 Å². The summed E-state index contributed by atoms with van der Waals surface area (Å²) >= 11 is 5.63. The van der Waals surface area contributed by atoms with E-state index in [1.54, 1.807) is 0 Å². The SMILES string of the molecule is O=c1[nH]c(=O)c2cc(Cl)cc([N+](=O)[O-])c2[nH]1. The van der Waals surface area contributed by atoms with E-state index in [1.165, 1.54) is 6.07 Å². The van der Waals surface area contributed by atoms with E-state index in [9.17, 15) is 19.7 Å². The van der Waals surface area contributed by atoms with Gasteiger partial charge < -0.3 is 4.98 Å². The van der Waals surface area contributed by atoms with Gasteiger partial charge in [0.1, 0.15) is 5.52 Å². The number of nitro benzene ring substituents is 1. The molecule has 0 fully saturated rings. The summed E-state index contributed by atoms with van der Waals surface area (Å²) in [5.41, 5.74) is -2.07. The highest BCUT2D eigenvalue weighted by molar-refractivity contribution is 6.31. The van der Waals surface area contributed by atoms with Gasteiger partial charge in [-0.1, -0.05) is 11.6 Å². The van der Waals surface area contributed by atoms with Crippen molar-refractivity contribution >= 4 is 28.2 Å². The van der Waals surface area contributed by atoms with Crippen LogP contribution in [-0.2, 0) is 0 Å². The zero-order valence-corrected chi connectivity index (χ0v) is 8.37. The van der Waals surface area contributed by atoms with E-state index in [2.05, 4.69) is 4.98 Å². The van der Waals surface area contributed by atoms with Crippen LogP contribution in [-0.4, -0.2) is 14.9 Å². The van der Waals surface area contributed by atoms with Gasteiger partial charge >= 0.3 is 5.69 Å². The number of hydrogen-bond acceptors (Lipinski definition) is 4. The van der Waals surface area contributed by atoms with Gasteiger partial charge in [0.2, 0.25) is 0 Å². The molecular formula is C8H4ClN3O4. The fourth-order valence-electron chi connectivity index (χ4n) is 1.36. The lowest BCUT2D eigenvalue weighted by molar-refractivity contribution is -0.383. The van der Waals surface area contributed by atoms with Crippen molar-refractivity contribution in [3.8, 4) is 0 Å². The van der Waals surface area contributed by atoms with Crippen LogP contribution in [0.2, 0.25) is 5.02 Å². The number of H-pyrrole nitrogens is 2. The number of fused-ring (bicyclic) bond motifs is 1. The molecule has 0 amide bonds. The van der Waals surface area contributed by atoms with Crippen molar-refractivity contribution in [1.82, 2.24) is 9.97 Å². The zero-order chi connectivity index (χ0) is 11.9. The second kappa shape index (κ2) is 3.46. The Labute approximate surface area is 91.8 Å². The number of aromatic amines is 2. The molecule has 0 spiro atoms. The van der Waals surface area contributed by atoms with Crippen LogP contribution in [0.25, 0.3) is 10.9 Å². The van der Waals surface area contributed by atoms with Gasteiger partial charge in [-0.05, 0) is 6.07 Å². The van der Waals surface area contributed by atoms with Gasteiger partial charge in [-0.25, -0.2) is 4.79 Å². The quantitative estimate of drug-likeness (QED) is 0.568. The summed E-state index contributed by atoms with van der Waals surface area (Å²) in [6, 6.07) is 2.32. The molecule has 82 valence electrons. The second-order valence-electron chi connectivity index (χ2n) is 3.01. The van der Waals surface area contributed by atoms with Gasteiger partial charge in [-0.2, -0.15) is 0 Å². The molecule has 0 aliphatic carbocycles. The minimum absolute atomic E-state index is 0.0289. The Morgan fingerprint density at radius 2 is 1.94 bits per heavy atom. The van der Waals surface area contributed by atoms with Crippen LogP contribution in [0.15, 0.2) is 21.7 Å². The fourth-order valence-corrected chi connectivity index (χ4v) is 1.57. The Morgan fingerprint density at radius 3 is 2.56 bits per heavy atom. The third-order valence-corrected chi connectivity index (χ3v) is 2.21. The van der Waals surface area contributed by atoms with Crippen molar-refractivity contribution in [2.45, 2.75) is 0 Å². The van der Waals surface area contributed by atoms with Gasteiger partial charge in [0, 0.05) is 11.1 Å². The molecule has 2 N–H and O–H groups in total. The number of aromatic nitrogens is 2. The first-order valence-corrected chi connectivity index (χ1v) is 4.47. The number of halogens is 1. The van der Waals surface area contributed by atoms with Crippen LogP contribution >= 0.6 is 11.6 Å². The zero-order valence-electron chi connectivity index (χ0n) is 7.61. The van der Waals surface area contributed by atoms with Crippen molar-refractivity contribution < 1.29 is 4.92 Å². The normalized spacial score (nSPS) is 10.6. The number of nitrogens with zero attached hydrogens (tertiary/aromatic N) is 1. The van der Waals surface area contributed by atoms with Crippen molar-refractivity contribution in [3.05, 3.63) is 48.1 Å². The number of benzene rings is 1. The topological polar surface area (TPSA) is 109 Å². The largest absolute Gasteiger partial charge is 0.326 e. The van der Waals surface area contributed by atoms with E-state index in [0.29, 0.717) is 0 Å². The molecule has 0 saturated heterocycles. The minimum Gasteiger partial charge on any atom is -0.301 e. The van der Waals surface area contributed by atoms with Crippen LogP contribution in [0.4, 0.5) is 5.69 Å². The van der Waals surface area contributed by atoms with Crippen molar-refractivity contribution in [3.63, 3.8) is 0 Å². The molecular weight excluding hydrogens is 238 g/mol. The summed E-state index contributed by atoms with van der Waals surface area (Å²) in [5.74, 6) is 0. The Morgan fingerprint density at radius 1 is 1.25 bits per heavy atom. The minimum atomic E-state index is -0.803. The summed E-state index contributed by atoms with van der Waals surface area (Å²) in [7, 11) is 0. The smallest absolute Gasteiger partial charge is 0.301 e. The summed E-state index contributed by atoms with van der Waals surface area (Å²) in [4.78, 5) is 36.5. The predicted octanol–water partition coefficient (Wildman–Crippen LogP) is 0.778. The monoisotopic (exact) mass is 241 g/mol. The lowest BCUT2D eigenvalue weighted by Gasteiger charge is -1.99. The lowest BCUT2D eigenvalue weighted by atomic mass is 10.2. The van der Waals surface area contributed by atoms with E-state index in [1.807, 2.05) is 4.98 Å². The van der Waals surface area contributed by atoms with Crippen LogP contribution in [0.3, 0.4) is 0 Å². The molecule has 2 aromatic rings. The molecule has 1 heterocycles. The Kier molecular flexibility index (Phi) is 2.24. The van der Waals surface area contributed by atoms with Crippen LogP contribution in [0.1, 0.15) is 0 Å². The highest BCUT2D eigenvalue weighted by Gasteiger charge is 2.16. The average Bonchev–Trinajstić information content (AvgIpc) is 2.18. The molecule has 8 heteroatoms. The van der Waals surface area contributed by atoms with E-state index in [4.69, 9.17) is 11.6 Å². The van der Waals surface area contributed by atoms with E-state index in [0.717, 1.165) is 6.07 Å². The van der Waals surface area contributed by atoms with E-state index in [-0.39, 0.29) is 15.9 Å². The van der Waals surface area contributed by atoms with Gasteiger partial charge in [0.15, 0.2) is 0 Å². The molecule has 0 atom stereocenters. The predicted molar refractivity (Wildman–Crippen MR) is 56.9 cm³/mol. The molecule has 0 aliphatic heterocycles. The lowest BCUT2D eigenvalue weighted by Crippen LogP contribution is -2.22. The molecule has 0 saturated carbocycles. The number of rotatable bonds is 1. The fraction of sp³-hybridized carbons (Fsp3) is 0. The summed E-state index contributed by atoms with van der Waals surface area (Å²) in [6.07, 6.45) is 0. The van der Waals surface area contributed by atoms with E-state index >= 15 is 0 Å². The number of hydrogen-bond donors (Lipinski definition) is 2. The Bertz CT molecular complexity index is 702. The van der Waals surface area contributed by atoms with Crippen molar-refractivity contribution in [2.24, 2.45) is 0 Å². The van der Waals surface area contributed by atoms with Gasteiger partial charge in [-0.3, -0.25) is 19.9 Å². The maximum atomic E-state index is 11.4. The van der Waals surface area contributed by atoms with Crippen LogP contribution in [0.5, 0.6) is 0 Å². The average molecular weight is 242 g/mol. The third-order valence-electron chi connectivity index (χ3n) is 1.99. The number of nitro groups is 1. The highest BCUT2D eigenvalue weighted by Crippen LogP contribution is 2.25. The molecule has 0 aliphatic rings. The first-order valence-electron chi connectivity index (χ1n) is 4.09.